The minimum absolute atomic E-state index is 0.306. The monoisotopic (exact) mass is 470 g/mol. The predicted octanol–water partition coefficient (Wildman–Crippen LogP) is 6.10. The molecule has 34 heavy (non-hydrogen) atoms. The highest BCUT2D eigenvalue weighted by molar-refractivity contribution is 5.33. The summed E-state index contributed by atoms with van der Waals surface area (Å²) in [6.07, 6.45) is -4.67. The summed E-state index contributed by atoms with van der Waals surface area (Å²) in [4.78, 5) is 2.45. The van der Waals surface area contributed by atoms with E-state index in [1.54, 1.807) is 0 Å². The second-order valence-electron chi connectivity index (χ2n) is 9.19. The number of nitrogens with one attached hydrogen (secondary N) is 1. The average Bonchev–Trinajstić information content (AvgIpc) is 3.26. The molecule has 3 nitrogen and oxygen atoms in total. The first kappa shape index (κ1) is 22.9. The second-order valence-corrected chi connectivity index (χ2v) is 9.19. The Hall–Kier alpha value is -2.90. The Morgan fingerprint density at radius 3 is 2.18 bits per heavy atom. The molecule has 2 unspecified atom stereocenters. The summed E-state index contributed by atoms with van der Waals surface area (Å²) in [5, 5.41) is 3.26. The fourth-order valence-electron chi connectivity index (χ4n) is 5.00. The first-order valence-electron chi connectivity index (χ1n) is 11.5. The van der Waals surface area contributed by atoms with Gasteiger partial charge in [-0.05, 0) is 71.8 Å². The van der Waals surface area contributed by atoms with Gasteiger partial charge in [-0.25, -0.2) is 4.39 Å². The number of fused-ring (bicyclic) bond motifs is 1. The minimum Gasteiger partial charge on any atom is -0.457 e. The van der Waals surface area contributed by atoms with Gasteiger partial charge in [-0.2, -0.15) is 13.2 Å². The maximum atomic E-state index is 13.4. The molecule has 0 bridgehead atoms. The predicted molar refractivity (Wildman–Crippen MR) is 122 cm³/mol. The van der Waals surface area contributed by atoms with Crippen molar-refractivity contribution in [2.24, 2.45) is 17.8 Å². The molecule has 0 amide bonds. The number of ether oxygens (including phenoxy) is 1. The Bertz CT molecular complexity index is 1110. The van der Waals surface area contributed by atoms with Crippen molar-refractivity contribution in [2.45, 2.75) is 19.3 Å². The van der Waals surface area contributed by atoms with Crippen LogP contribution in [0.1, 0.15) is 16.7 Å². The molecule has 3 aromatic rings. The van der Waals surface area contributed by atoms with E-state index in [0.717, 1.165) is 49.8 Å². The Kier molecular flexibility index (Phi) is 6.32. The van der Waals surface area contributed by atoms with Gasteiger partial charge in [-0.1, -0.05) is 36.4 Å². The van der Waals surface area contributed by atoms with Crippen molar-refractivity contribution in [2.75, 3.05) is 19.6 Å². The second kappa shape index (κ2) is 9.39. The Balaban J connectivity index is 1.05. The van der Waals surface area contributed by atoms with Crippen molar-refractivity contribution in [3.8, 4) is 11.5 Å². The lowest BCUT2D eigenvalue weighted by atomic mass is 10.1. The van der Waals surface area contributed by atoms with Crippen LogP contribution in [-0.2, 0) is 19.3 Å². The number of piperidine rings is 1. The summed E-state index contributed by atoms with van der Waals surface area (Å²) in [5.74, 6) is 2.22. The molecule has 7 heteroatoms. The normalized spacial score (nSPS) is 21.9. The van der Waals surface area contributed by atoms with Crippen LogP contribution in [0.4, 0.5) is 17.6 Å². The van der Waals surface area contributed by atoms with Gasteiger partial charge in [0.15, 0.2) is 0 Å². The molecule has 1 saturated heterocycles. The van der Waals surface area contributed by atoms with Gasteiger partial charge in [0.25, 0.3) is 0 Å². The maximum Gasteiger partial charge on any atom is 0.419 e. The van der Waals surface area contributed by atoms with Crippen LogP contribution in [0.5, 0.6) is 11.5 Å². The number of benzene rings is 3. The number of rotatable bonds is 8. The zero-order valence-electron chi connectivity index (χ0n) is 18.6. The lowest BCUT2D eigenvalue weighted by molar-refractivity contribution is -0.140. The highest BCUT2D eigenvalue weighted by atomic mass is 19.4. The van der Waals surface area contributed by atoms with Crippen LogP contribution >= 0.6 is 0 Å². The first-order chi connectivity index (χ1) is 16.4. The van der Waals surface area contributed by atoms with E-state index in [1.165, 1.54) is 11.6 Å². The third-order valence-corrected chi connectivity index (χ3v) is 6.80. The number of likely N-dealkylation sites (tertiary alicyclic amines) is 1. The quantitative estimate of drug-likeness (QED) is 0.403. The SMILES string of the molecule is Fc1ccc(CNCC2C3CN(Cc4ccc(Oc5ccccc5)cc4)CC23)cc1C(F)(F)F. The Morgan fingerprint density at radius 1 is 0.853 bits per heavy atom. The third-order valence-electron chi connectivity index (χ3n) is 6.80. The molecule has 0 spiro atoms. The topological polar surface area (TPSA) is 24.5 Å². The van der Waals surface area contributed by atoms with Gasteiger partial charge in [0.2, 0.25) is 0 Å². The van der Waals surface area contributed by atoms with E-state index in [-0.39, 0.29) is 0 Å². The molecule has 3 aromatic carbocycles. The summed E-state index contributed by atoms with van der Waals surface area (Å²) in [6.45, 7) is 4.05. The van der Waals surface area contributed by atoms with Crippen molar-refractivity contribution in [3.05, 3.63) is 95.3 Å². The van der Waals surface area contributed by atoms with Gasteiger partial charge >= 0.3 is 6.18 Å². The van der Waals surface area contributed by atoms with Crippen molar-refractivity contribution >= 4 is 0 Å². The van der Waals surface area contributed by atoms with E-state index in [9.17, 15) is 17.6 Å². The average molecular weight is 471 g/mol. The van der Waals surface area contributed by atoms with Gasteiger partial charge < -0.3 is 10.1 Å². The van der Waals surface area contributed by atoms with Gasteiger partial charge in [-0.3, -0.25) is 4.90 Å². The molecular formula is C27H26F4N2O. The van der Waals surface area contributed by atoms with Crippen LogP contribution in [0, 0.1) is 23.6 Å². The van der Waals surface area contributed by atoms with Crippen molar-refractivity contribution in [1.29, 1.82) is 0 Å². The minimum atomic E-state index is -4.67. The van der Waals surface area contributed by atoms with E-state index in [0.29, 0.717) is 29.9 Å². The van der Waals surface area contributed by atoms with Crippen LogP contribution in [-0.4, -0.2) is 24.5 Å². The lowest BCUT2D eigenvalue weighted by Crippen LogP contribution is -2.27. The highest BCUT2D eigenvalue weighted by Crippen LogP contribution is 2.51. The molecule has 0 aromatic heterocycles. The van der Waals surface area contributed by atoms with Gasteiger partial charge in [-0.15, -0.1) is 0 Å². The maximum absolute atomic E-state index is 13.4. The molecule has 1 N–H and O–H groups in total. The van der Waals surface area contributed by atoms with Crippen molar-refractivity contribution in [1.82, 2.24) is 10.2 Å². The number of hydrogen-bond donors (Lipinski definition) is 1. The van der Waals surface area contributed by atoms with Gasteiger partial charge in [0.05, 0.1) is 5.56 Å². The summed E-state index contributed by atoms with van der Waals surface area (Å²) < 4.78 is 57.9. The zero-order valence-corrected chi connectivity index (χ0v) is 18.6. The molecule has 2 fully saturated rings. The first-order valence-corrected chi connectivity index (χ1v) is 11.5. The van der Waals surface area contributed by atoms with Crippen LogP contribution < -0.4 is 10.1 Å². The van der Waals surface area contributed by atoms with E-state index < -0.39 is 17.6 Å². The number of hydrogen-bond acceptors (Lipinski definition) is 3. The molecule has 2 aliphatic rings. The third kappa shape index (κ3) is 5.26. The number of nitrogens with zero attached hydrogens (tertiary/aromatic N) is 1. The van der Waals surface area contributed by atoms with E-state index in [1.807, 2.05) is 42.5 Å². The largest absolute Gasteiger partial charge is 0.457 e. The molecule has 0 radical (unpaired) electrons. The molecule has 1 saturated carbocycles. The molecule has 1 heterocycles. The summed E-state index contributed by atoms with van der Waals surface area (Å²) in [7, 11) is 0. The van der Waals surface area contributed by atoms with Crippen LogP contribution in [0.2, 0.25) is 0 Å². The molecule has 1 aliphatic heterocycles. The molecule has 178 valence electrons. The Morgan fingerprint density at radius 2 is 1.50 bits per heavy atom. The molecule has 5 rings (SSSR count). The summed E-state index contributed by atoms with van der Waals surface area (Å²) in [6, 6.07) is 21.1. The van der Waals surface area contributed by atoms with Crippen LogP contribution in [0.25, 0.3) is 0 Å². The summed E-state index contributed by atoms with van der Waals surface area (Å²) >= 11 is 0. The van der Waals surface area contributed by atoms with Crippen LogP contribution in [0.15, 0.2) is 72.8 Å². The van der Waals surface area contributed by atoms with Crippen molar-refractivity contribution < 1.29 is 22.3 Å². The fraction of sp³-hybridized carbons (Fsp3) is 0.333. The summed E-state index contributed by atoms with van der Waals surface area (Å²) in [5.41, 5.74) is 0.486. The highest BCUT2D eigenvalue weighted by Gasteiger charge is 2.54. The molecule has 1 aliphatic carbocycles. The van der Waals surface area contributed by atoms with E-state index >= 15 is 0 Å². The number of para-hydroxylation sites is 1. The smallest absolute Gasteiger partial charge is 0.419 e. The molecular weight excluding hydrogens is 444 g/mol. The standard InChI is InChI=1S/C27H26F4N2O/c28-26-11-8-19(12-25(26)27(29,30)31)13-32-14-22-23-16-33(17-24(22)23)15-18-6-9-21(10-7-18)34-20-4-2-1-3-5-20/h1-12,22-24,32H,13-17H2. The van der Waals surface area contributed by atoms with E-state index in [2.05, 4.69) is 22.3 Å². The zero-order chi connectivity index (χ0) is 23.7. The lowest BCUT2D eigenvalue weighted by Gasteiger charge is -2.20. The number of alkyl halides is 3. The van der Waals surface area contributed by atoms with Gasteiger partial charge in [0.1, 0.15) is 17.3 Å². The van der Waals surface area contributed by atoms with Gasteiger partial charge in [0, 0.05) is 26.2 Å². The Labute approximate surface area is 196 Å². The fourth-order valence-corrected chi connectivity index (χ4v) is 5.00. The van der Waals surface area contributed by atoms with Crippen molar-refractivity contribution in [3.63, 3.8) is 0 Å². The molecule has 2 atom stereocenters. The number of halogens is 4. The van der Waals surface area contributed by atoms with E-state index in [4.69, 9.17) is 4.74 Å². The van der Waals surface area contributed by atoms with Crippen LogP contribution in [0.3, 0.4) is 0 Å².